The monoisotopic (exact) mass is 920 g/mol. The second kappa shape index (κ2) is 24.2. The molecule has 0 fully saturated rings. The van der Waals surface area contributed by atoms with E-state index in [0.717, 1.165) is 79.4 Å². The molecule has 0 spiro atoms. The molecule has 4 rings (SSSR count). The summed E-state index contributed by atoms with van der Waals surface area (Å²) in [7, 11) is -5.90. The van der Waals surface area contributed by atoms with Gasteiger partial charge in [0.05, 0.1) is 0 Å². The number of phenols is 4. The second-order valence-corrected chi connectivity index (χ2v) is 16.2. The van der Waals surface area contributed by atoms with E-state index in [1.165, 1.54) is 47.6 Å². The Morgan fingerprint density at radius 3 is 1.52 bits per heavy atom. The molecule has 0 saturated carbocycles. The first kappa shape index (κ1) is 51.3. The molecule has 13 heteroatoms. The van der Waals surface area contributed by atoms with Crippen LogP contribution < -0.4 is 4.18 Å². The summed E-state index contributed by atoms with van der Waals surface area (Å²) < 4.78 is 63.4. The number of rotatable bonds is 12. The molecule has 2 aliphatic rings. The third-order valence-corrected chi connectivity index (χ3v) is 10.9. The first-order chi connectivity index (χ1) is 26.2. The average molecular weight is 923 g/mol. The van der Waals surface area contributed by atoms with Crippen LogP contribution in [0, 0.1) is 18.8 Å². The minimum atomic E-state index is -5.90. The van der Waals surface area contributed by atoms with E-state index < -0.39 is 38.8 Å². The Kier molecular flexibility index (Phi) is 22.2. The Morgan fingerprint density at radius 1 is 0.804 bits per heavy atom. The molecule has 0 saturated heterocycles. The quantitative estimate of drug-likeness (QED) is 0.0417. The summed E-state index contributed by atoms with van der Waals surface area (Å²) in [5.74, 6) is -1.72. The van der Waals surface area contributed by atoms with E-state index in [1.54, 1.807) is 0 Å². The fourth-order valence-electron chi connectivity index (χ4n) is 6.97. The summed E-state index contributed by atoms with van der Waals surface area (Å²) in [6.45, 7) is 23.9. The Morgan fingerprint density at radius 2 is 1.20 bits per heavy atom. The molecule has 310 valence electrons. The zero-order valence-corrected chi connectivity index (χ0v) is 39.2. The maximum absolute atomic E-state index is 12.4. The number of alkyl halides is 3. The molecule has 4 N–H and O–H groups in total. The SMILES string of the molecule is C=C(C)[C@@H]1CCC(C)=C[C@H]1c1c(O)cc(CCCCC)cc1O.C=C(C)[C@@H]1CCC(C)=C[C@H]1c1c(O)cc(OS(=O)(=O)C(F)(F)F)cc1O.[CH2-]CCCC.[Zn+][Br]. The molecule has 0 radical (unpaired) electrons. The number of allylic oxidation sites excluding steroid dienone is 6. The zero-order valence-electron chi connectivity index (χ0n) is 33.8. The number of benzene rings is 2. The number of aryl methyl sites for hydroxylation is 1. The van der Waals surface area contributed by atoms with Gasteiger partial charge in [0.1, 0.15) is 28.7 Å². The molecular weight excluding hydrogens is 863 g/mol. The summed E-state index contributed by atoms with van der Waals surface area (Å²) in [6.07, 6.45) is 15.7. The maximum atomic E-state index is 12.4. The van der Waals surface area contributed by atoms with Crippen LogP contribution in [0.4, 0.5) is 13.2 Å². The van der Waals surface area contributed by atoms with Crippen LogP contribution in [0.3, 0.4) is 0 Å². The van der Waals surface area contributed by atoms with Gasteiger partial charge in [0, 0.05) is 35.1 Å². The van der Waals surface area contributed by atoms with Crippen molar-refractivity contribution in [1.82, 2.24) is 0 Å². The standard InChI is InChI=1S/C21H30O2.C17H19F3O5S.C5H11.BrH.Zn/c1-5-6-7-8-16-12-19(22)21(20(23)13-16)18-11-15(4)9-10-17(18)14(2)3;1-9(2)12-5-4-10(3)6-13(12)16-14(21)7-11(8-15(16)22)25-26(23,24)17(18,19)20;1-3-5-4-2;;/h11-13,17-18,22-23H,2,5-10H2,1,3-4H3;6-8,12-13,21-22H,1,4-5H2,2-3H3;1,3-5H2,2H3;1H;/q;;-1;;+2/p-1/t17-,18+;12-,13+;;;/m00.../s1. The van der Waals surface area contributed by atoms with E-state index in [-0.39, 0.29) is 34.8 Å². The van der Waals surface area contributed by atoms with Gasteiger partial charge in [-0.25, -0.2) is 0 Å². The van der Waals surface area contributed by atoms with Gasteiger partial charge < -0.3 is 31.5 Å². The molecule has 0 aromatic heterocycles. The van der Waals surface area contributed by atoms with Crippen LogP contribution in [0.2, 0.25) is 0 Å². The topological polar surface area (TPSA) is 124 Å². The van der Waals surface area contributed by atoms with Crippen molar-refractivity contribution in [2.75, 3.05) is 0 Å². The molecule has 0 heterocycles. The van der Waals surface area contributed by atoms with E-state index in [1.807, 2.05) is 39.0 Å². The van der Waals surface area contributed by atoms with Crippen molar-refractivity contribution >= 4 is 23.7 Å². The normalized spacial score (nSPS) is 19.4. The van der Waals surface area contributed by atoms with Gasteiger partial charge in [-0.1, -0.05) is 87.1 Å². The Hall–Kier alpha value is -2.76. The third kappa shape index (κ3) is 15.2. The van der Waals surface area contributed by atoms with E-state index >= 15 is 0 Å². The van der Waals surface area contributed by atoms with Crippen LogP contribution in [0.1, 0.15) is 134 Å². The second-order valence-electron chi connectivity index (χ2n) is 14.6. The van der Waals surface area contributed by atoms with Gasteiger partial charge >= 0.3 is 45.6 Å². The molecule has 2 aliphatic carbocycles. The van der Waals surface area contributed by atoms with Crippen molar-refractivity contribution in [3.63, 3.8) is 0 Å². The molecule has 0 bridgehead atoms. The average Bonchev–Trinajstić information content (AvgIpc) is 3.09. The molecule has 0 amide bonds. The van der Waals surface area contributed by atoms with E-state index in [9.17, 15) is 42.0 Å². The molecule has 2 aromatic carbocycles. The van der Waals surface area contributed by atoms with Crippen LogP contribution >= 0.6 is 13.6 Å². The fourth-order valence-corrected chi connectivity index (χ4v) is 7.41. The van der Waals surface area contributed by atoms with Crippen LogP contribution in [-0.2, 0) is 32.9 Å². The van der Waals surface area contributed by atoms with Crippen molar-refractivity contribution < 1.29 is 62.5 Å². The number of hydrogen-bond acceptors (Lipinski definition) is 7. The molecule has 2 aromatic rings. The van der Waals surface area contributed by atoms with Gasteiger partial charge in [-0.3, -0.25) is 0 Å². The van der Waals surface area contributed by atoms with Gasteiger partial charge in [0.2, 0.25) is 0 Å². The minimum absolute atomic E-state index is 0.0194. The summed E-state index contributed by atoms with van der Waals surface area (Å²) >= 11 is 4.25. The van der Waals surface area contributed by atoms with Gasteiger partial charge in [-0.05, 0) is 95.8 Å². The van der Waals surface area contributed by atoms with Crippen LogP contribution in [-0.4, -0.2) is 34.4 Å². The number of phenolic OH excluding ortho intramolecular Hbond substituents is 4. The molecule has 7 nitrogen and oxygen atoms in total. The fraction of sp³-hybridized carbons (Fsp3) is 0.512. The molecule has 56 heavy (non-hydrogen) atoms. The Labute approximate surface area is 350 Å². The summed E-state index contributed by atoms with van der Waals surface area (Å²) in [6, 6.07) is 5.15. The van der Waals surface area contributed by atoms with Crippen LogP contribution in [0.5, 0.6) is 28.7 Å². The van der Waals surface area contributed by atoms with E-state index in [0.29, 0.717) is 5.56 Å². The van der Waals surface area contributed by atoms with Crippen LogP contribution in [0.25, 0.3) is 0 Å². The van der Waals surface area contributed by atoms with Crippen molar-refractivity contribution in [1.29, 1.82) is 0 Å². The van der Waals surface area contributed by atoms with Crippen molar-refractivity contribution in [3.05, 3.63) is 95.5 Å². The predicted octanol–water partition coefficient (Wildman–Crippen LogP) is 13.0. The summed E-state index contributed by atoms with van der Waals surface area (Å²) in [4.78, 5) is 0. The number of halogens is 4. The molecule has 4 atom stereocenters. The predicted molar refractivity (Wildman–Crippen MR) is 220 cm³/mol. The number of unbranched alkanes of at least 4 members (excludes halogenated alkanes) is 4. The van der Waals surface area contributed by atoms with E-state index in [2.05, 4.69) is 64.7 Å². The Bertz CT molecular complexity index is 1720. The van der Waals surface area contributed by atoms with Gasteiger partial charge in [0.15, 0.2) is 0 Å². The molecular formula is C43H60BrF3O7SZn. The first-order valence-corrected chi connectivity index (χ1v) is 27.4. The van der Waals surface area contributed by atoms with Crippen molar-refractivity contribution in [2.45, 2.75) is 130 Å². The third-order valence-electron chi connectivity index (χ3n) is 9.90. The number of hydrogen-bond donors (Lipinski definition) is 4. The Balaban J connectivity index is 0.000000483. The van der Waals surface area contributed by atoms with Crippen LogP contribution in [0.15, 0.2) is 71.9 Å². The van der Waals surface area contributed by atoms with E-state index in [4.69, 9.17) is 0 Å². The van der Waals surface area contributed by atoms with Crippen molar-refractivity contribution in [2.24, 2.45) is 11.8 Å². The van der Waals surface area contributed by atoms with Gasteiger partial charge in [0.25, 0.3) is 0 Å². The molecule has 0 unspecified atom stereocenters. The summed E-state index contributed by atoms with van der Waals surface area (Å²) in [5, 5.41) is 41.6. The number of aromatic hydroxyl groups is 4. The first-order valence-electron chi connectivity index (χ1n) is 19.0. The van der Waals surface area contributed by atoms with Gasteiger partial charge in [-0.15, -0.1) is 0 Å². The zero-order chi connectivity index (χ0) is 43.0. The van der Waals surface area contributed by atoms with Gasteiger partial charge in [-0.2, -0.15) is 28.0 Å². The molecule has 0 aliphatic heterocycles. The summed E-state index contributed by atoms with van der Waals surface area (Å²) in [5.41, 5.74) is 0.447. The van der Waals surface area contributed by atoms with Crippen molar-refractivity contribution in [3.8, 4) is 28.7 Å².